The highest BCUT2D eigenvalue weighted by Gasteiger charge is 2.07. The van der Waals surface area contributed by atoms with E-state index < -0.39 is 12.0 Å². The minimum Gasteiger partial charge on any atom is -0.460 e. The van der Waals surface area contributed by atoms with Crippen molar-refractivity contribution < 1.29 is 9.53 Å². The van der Waals surface area contributed by atoms with Crippen LogP contribution >= 0.6 is 0 Å². The highest BCUT2D eigenvalue weighted by atomic mass is 16.5. The highest BCUT2D eigenvalue weighted by molar-refractivity contribution is 5.74. The second kappa shape index (κ2) is 4.57. The van der Waals surface area contributed by atoms with Crippen LogP contribution in [0.25, 0.3) is 0 Å². The molecule has 1 aromatic heterocycles. The summed E-state index contributed by atoms with van der Waals surface area (Å²) >= 11 is 0. The van der Waals surface area contributed by atoms with Crippen LogP contribution in [0.15, 0.2) is 24.5 Å². The maximum atomic E-state index is 11.0. The SMILES string of the molecule is C[C@H](N)C(=O)OCc1ccncc1. The number of nitrogens with zero attached hydrogens (tertiary/aromatic N) is 1. The summed E-state index contributed by atoms with van der Waals surface area (Å²) in [6.07, 6.45) is 3.30. The van der Waals surface area contributed by atoms with E-state index in [1.54, 1.807) is 31.5 Å². The molecule has 4 heteroatoms. The van der Waals surface area contributed by atoms with Gasteiger partial charge >= 0.3 is 5.97 Å². The molecule has 4 nitrogen and oxygen atoms in total. The number of carbonyl (C=O) groups is 1. The van der Waals surface area contributed by atoms with Crippen molar-refractivity contribution in [1.82, 2.24) is 4.98 Å². The van der Waals surface area contributed by atoms with E-state index in [1.165, 1.54) is 0 Å². The molecule has 0 aliphatic rings. The summed E-state index contributed by atoms with van der Waals surface area (Å²) in [5, 5.41) is 0. The first-order valence-electron chi connectivity index (χ1n) is 4.01. The molecule has 0 bridgehead atoms. The molecule has 0 amide bonds. The molecule has 0 saturated carbocycles. The number of rotatable bonds is 3. The summed E-state index contributed by atoms with van der Waals surface area (Å²) in [4.78, 5) is 14.8. The van der Waals surface area contributed by atoms with Gasteiger partial charge in [-0.2, -0.15) is 0 Å². The van der Waals surface area contributed by atoms with Gasteiger partial charge in [0.25, 0.3) is 0 Å². The van der Waals surface area contributed by atoms with Gasteiger partial charge in [-0.25, -0.2) is 0 Å². The van der Waals surface area contributed by atoms with Gasteiger partial charge in [-0.15, -0.1) is 0 Å². The first kappa shape index (κ1) is 9.67. The molecule has 13 heavy (non-hydrogen) atoms. The zero-order chi connectivity index (χ0) is 9.68. The van der Waals surface area contributed by atoms with Crippen LogP contribution in [0.1, 0.15) is 12.5 Å². The van der Waals surface area contributed by atoms with Crippen molar-refractivity contribution in [2.45, 2.75) is 19.6 Å². The zero-order valence-electron chi connectivity index (χ0n) is 7.43. The van der Waals surface area contributed by atoms with Crippen LogP contribution in [-0.2, 0) is 16.1 Å². The lowest BCUT2D eigenvalue weighted by Gasteiger charge is -2.06. The predicted molar refractivity (Wildman–Crippen MR) is 47.7 cm³/mol. The Morgan fingerprint density at radius 1 is 1.62 bits per heavy atom. The topological polar surface area (TPSA) is 65.2 Å². The van der Waals surface area contributed by atoms with Gasteiger partial charge in [0.1, 0.15) is 12.6 Å². The number of nitrogens with two attached hydrogens (primary N) is 1. The van der Waals surface area contributed by atoms with Gasteiger partial charge < -0.3 is 10.5 Å². The van der Waals surface area contributed by atoms with Crippen LogP contribution in [0.3, 0.4) is 0 Å². The van der Waals surface area contributed by atoms with Crippen LogP contribution in [0.2, 0.25) is 0 Å². The molecular formula is C9H12N2O2. The van der Waals surface area contributed by atoms with Crippen LogP contribution in [-0.4, -0.2) is 17.0 Å². The first-order valence-corrected chi connectivity index (χ1v) is 4.01. The third kappa shape index (κ3) is 3.21. The molecule has 0 radical (unpaired) electrons. The fraction of sp³-hybridized carbons (Fsp3) is 0.333. The summed E-state index contributed by atoms with van der Waals surface area (Å²) in [6, 6.07) is 3.00. The third-order valence-corrected chi connectivity index (χ3v) is 1.50. The molecule has 0 aliphatic heterocycles. The molecule has 0 aliphatic carbocycles. The Balaban J connectivity index is 2.40. The summed E-state index contributed by atoms with van der Waals surface area (Å²) < 4.78 is 4.90. The summed E-state index contributed by atoms with van der Waals surface area (Å²) in [5.41, 5.74) is 6.22. The number of esters is 1. The summed E-state index contributed by atoms with van der Waals surface area (Å²) in [6.45, 7) is 1.85. The number of carbonyl (C=O) groups excluding carboxylic acids is 1. The first-order chi connectivity index (χ1) is 6.20. The van der Waals surface area contributed by atoms with Gasteiger partial charge in [-0.3, -0.25) is 9.78 Å². The van der Waals surface area contributed by atoms with Crippen LogP contribution in [0, 0.1) is 0 Å². The van der Waals surface area contributed by atoms with E-state index in [0.29, 0.717) is 0 Å². The van der Waals surface area contributed by atoms with E-state index in [4.69, 9.17) is 10.5 Å². The molecule has 0 fully saturated rings. The van der Waals surface area contributed by atoms with Gasteiger partial charge in [0.15, 0.2) is 0 Å². The average molecular weight is 180 g/mol. The molecule has 1 atom stereocenters. The Morgan fingerprint density at radius 2 is 2.23 bits per heavy atom. The molecule has 0 spiro atoms. The Kier molecular flexibility index (Phi) is 3.40. The molecule has 2 N–H and O–H groups in total. The fourth-order valence-electron chi connectivity index (χ4n) is 0.765. The van der Waals surface area contributed by atoms with Crippen molar-refractivity contribution in [3.8, 4) is 0 Å². The molecule has 1 rings (SSSR count). The molecular weight excluding hydrogens is 168 g/mol. The molecule has 1 heterocycles. The monoisotopic (exact) mass is 180 g/mol. The van der Waals surface area contributed by atoms with Gasteiger partial charge in [0.2, 0.25) is 0 Å². The van der Waals surface area contributed by atoms with Gasteiger partial charge in [-0.05, 0) is 24.6 Å². The number of ether oxygens (including phenoxy) is 1. The quantitative estimate of drug-likeness (QED) is 0.687. The number of hydrogen-bond donors (Lipinski definition) is 1. The third-order valence-electron chi connectivity index (χ3n) is 1.50. The highest BCUT2D eigenvalue weighted by Crippen LogP contribution is 1.99. The van der Waals surface area contributed by atoms with Crippen LogP contribution in [0.5, 0.6) is 0 Å². The van der Waals surface area contributed by atoms with Crippen molar-refractivity contribution in [1.29, 1.82) is 0 Å². The van der Waals surface area contributed by atoms with Crippen LogP contribution in [0.4, 0.5) is 0 Å². The summed E-state index contributed by atoms with van der Waals surface area (Å²) in [5.74, 6) is -0.392. The van der Waals surface area contributed by atoms with Crippen molar-refractivity contribution in [2.75, 3.05) is 0 Å². The maximum Gasteiger partial charge on any atom is 0.322 e. The number of hydrogen-bond acceptors (Lipinski definition) is 4. The molecule has 0 saturated heterocycles. The lowest BCUT2D eigenvalue weighted by molar-refractivity contribution is -0.146. The minimum absolute atomic E-state index is 0.253. The van der Waals surface area contributed by atoms with Crippen molar-refractivity contribution in [2.24, 2.45) is 5.73 Å². The Bertz CT molecular complexity index is 272. The van der Waals surface area contributed by atoms with E-state index >= 15 is 0 Å². The van der Waals surface area contributed by atoms with E-state index in [2.05, 4.69) is 4.98 Å². The Hall–Kier alpha value is -1.42. The van der Waals surface area contributed by atoms with E-state index in [0.717, 1.165) is 5.56 Å². The Labute approximate surface area is 76.7 Å². The number of pyridine rings is 1. The second-order valence-electron chi connectivity index (χ2n) is 2.75. The average Bonchev–Trinajstić information content (AvgIpc) is 2.15. The van der Waals surface area contributed by atoms with Gasteiger partial charge in [0, 0.05) is 12.4 Å². The summed E-state index contributed by atoms with van der Waals surface area (Å²) in [7, 11) is 0. The lowest BCUT2D eigenvalue weighted by Crippen LogP contribution is -2.28. The predicted octanol–water partition coefficient (Wildman–Crippen LogP) is 0.472. The van der Waals surface area contributed by atoms with Crippen molar-refractivity contribution in [3.63, 3.8) is 0 Å². The maximum absolute atomic E-state index is 11.0. The van der Waals surface area contributed by atoms with Crippen molar-refractivity contribution >= 4 is 5.97 Å². The fourth-order valence-corrected chi connectivity index (χ4v) is 0.765. The molecule has 1 aromatic rings. The Morgan fingerprint density at radius 3 is 2.77 bits per heavy atom. The van der Waals surface area contributed by atoms with E-state index in [-0.39, 0.29) is 6.61 Å². The molecule has 0 aromatic carbocycles. The molecule has 70 valence electrons. The van der Waals surface area contributed by atoms with Crippen LogP contribution < -0.4 is 5.73 Å². The van der Waals surface area contributed by atoms with E-state index in [1.807, 2.05) is 0 Å². The lowest BCUT2D eigenvalue weighted by atomic mass is 10.3. The smallest absolute Gasteiger partial charge is 0.322 e. The van der Waals surface area contributed by atoms with Crippen molar-refractivity contribution in [3.05, 3.63) is 30.1 Å². The second-order valence-corrected chi connectivity index (χ2v) is 2.75. The van der Waals surface area contributed by atoms with E-state index in [9.17, 15) is 4.79 Å². The molecule has 0 unspecified atom stereocenters. The number of aromatic nitrogens is 1. The standard InChI is InChI=1S/C9H12N2O2/c1-7(10)9(12)13-6-8-2-4-11-5-3-8/h2-5,7H,6,10H2,1H3/t7-/m0/s1. The normalized spacial score (nSPS) is 12.2. The minimum atomic E-state index is -0.568. The largest absolute Gasteiger partial charge is 0.460 e. The van der Waals surface area contributed by atoms with Gasteiger partial charge in [-0.1, -0.05) is 0 Å². The van der Waals surface area contributed by atoms with Gasteiger partial charge in [0.05, 0.1) is 0 Å². The zero-order valence-corrected chi connectivity index (χ0v) is 7.43.